The van der Waals surface area contributed by atoms with Gasteiger partial charge in [0, 0.05) is 55.1 Å². The van der Waals surface area contributed by atoms with Gasteiger partial charge in [0.2, 0.25) is 17.7 Å². The van der Waals surface area contributed by atoms with Crippen molar-refractivity contribution in [2.24, 2.45) is 11.8 Å². The standard InChI is InChI=1S/C26H35BrN4O5S/c27-18-16-26-20(19(21(18)37-26)23(33)29-17-6-2-1-3-7-17)25(35)31(9-4-5-13-32)22(26)24(34)28-8-10-30-11-14-36-15-12-30/h1-3,6-7,18-22,32H,4-5,8-16H2,(H,28,34)(H,29,33)/t18?,19-,20+,21-,22?,26?/m1/s1. The number of hydrogen-bond donors (Lipinski definition) is 3. The van der Waals surface area contributed by atoms with E-state index in [9.17, 15) is 19.5 Å². The number of hydrogen-bond acceptors (Lipinski definition) is 7. The number of likely N-dealkylation sites (tertiary alicyclic amines) is 1. The van der Waals surface area contributed by atoms with Crippen molar-refractivity contribution in [2.45, 2.75) is 40.1 Å². The molecule has 6 atom stereocenters. The fourth-order valence-electron chi connectivity index (χ4n) is 6.37. The Morgan fingerprint density at radius 3 is 2.62 bits per heavy atom. The lowest BCUT2D eigenvalue weighted by atomic mass is 9.70. The van der Waals surface area contributed by atoms with Crippen LogP contribution in [0, 0.1) is 11.8 Å². The Morgan fingerprint density at radius 1 is 1.14 bits per heavy atom. The quantitative estimate of drug-likeness (QED) is 0.277. The molecule has 9 nitrogen and oxygen atoms in total. The molecular weight excluding hydrogens is 560 g/mol. The van der Waals surface area contributed by atoms with E-state index in [0.29, 0.717) is 51.3 Å². The molecule has 4 fully saturated rings. The number of rotatable bonds is 10. The van der Waals surface area contributed by atoms with E-state index in [0.717, 1.165) is 19.6 Å². The maximum Gasteiger partial charge on any atom is 0.244 e. The molecule has 1 aromatic carbocycles. The number of halogens is 1. The number of nitrogens with zero attached hydrogens (tertiary/aromatic N) is 2. The van der Waals surface area contributed by atoms with Gasteiger partial charge < -0.3 is 25.4 Å². The van der Waals surface area contributed by atoms with Gasteiger partial charge in [-0.2, -0.15) is 0 Å². The van der Waals surface area contributed by atoms with E-state index in [1.165, 1.54) is 0 Å². The second kappa shape index (κ2) is 11.6. The first-order valence-corrected chi connectivity index (χ1v) is 14.9. The summed E-state index contributed by atoms with van der Waals surface area (Å²) in [7, 11) is 0. The molecule has 0 radical (unpaired) electrons. The summed E-state index contributed by atoms with van der Waals surface area (Å²) in [6, 6.07) is 8.64. The number of carbonyl (C=O) groups is 3. The van der Waals surface area contributed by atoms with E-state index in [-0.39, 0.29) is 34.4 Å². The second-order valence-electron chi connectivity index (χ2n) is 10.2. The zero-order valence-electron chi connectivity index (χ0n) is 20.8. The monoisotopic (exact) mass is 594 g/mol. The smallest absolute Gasteiger partial charge is 0.244 e. The molecular formula is C26H35BrN4O5S. The molecule has 1 spiro atoms. The van der Waals surface area contributed by atoms with Crippen LogP contribution in [0.15, 0.2) is 30.3 Å². The van der Waals surface area contributed by atoms with E-state index in [1.54, 1.807) is 16.7 Å². The number of aliphatic hydroxyl groups is 1. The molecule has 0 saturated carbocycles. The number of nitrogens with one attached hydrogen (secondary N) is 2. The average molecular weight is 596 g/mol. The third kappa shape index (κ3) is 5.17. The summed E-state index contributed by atoms with van der Waals surface area (Å²) in [4.78, 5) is 45.2. The average Bonchev–Trinajstić information content (AvgIpc) is 3.49. The summed E-state index contributed by atoms with van der Waals surface area (Å²) in [5.74, 6) is -1.51. The van der Waals surface area contributed by atoms with Crippen LogP contribution in [0.1, 0.15) is 19.3 Å². The molecule has 11 heteroatoms. The van der Waals surface area contributed by atoms with Gasteiger partial charge in [0.05, 0.1) is 29.8 Å². The topological polar surface area (TPSA) is 111 Å². The van der Waals surface area contributed by atoms with Crippen LogP contribution in [0.25, 0.3) is 0 Å². The van der Waals surface area contributed by atoms with Gasteiger partial charge in [0.15, 0.2) is 0 Å². The largest absolute Gasteiger partial charge is 0.396 e. The third-order valence-corrected chi connectivity index (χ3v) is 11.2. The van der Waals surface area contributed by atoms with Crippen molar-refractivity contribution in [3.05, 3.63) is 30.3 Å². The molecule has 3 amide bonds. The molecule has 4 aliphatic heterocycles. The first kappa shape index (κ1) is 26.9. The molecule has 2 bridgehead atoms. The van der Waals surface area contributed by atoms with Gasteiger partial charge in [0.25, 0.3) is 0 Å². The predicted octanol–water partition coefficient (Wildman–Crippen LogP) is 1.31. The zero-order valence-corrected chi connectivity index (χ0v) is 23.2. The minimum atomic E-state index is -0.656. The molecule has 202 valence electrons. The Hall–Kier alpha value is -1.66. The van der Waals surface area contributed by atoms with Gasteiger partial charge in [-0.05, 0) is 31.4 Å². The van der Waals surface area contributed by atoms with Gasteiger partial charge in [0.1, 0.15) is 6.04 Å². The van der Waals surface area contributed by atoms with Crippen LogP contribution in [-0.2, 0) is 19.1 Å². The Labute approximate surface area is 230 Å². The Morgan fingerprint density at radius 2 is 1.89 bits per heavy atom. The maximum atomic E-state index is 13.9. The highest BCUT2D eigenvalue weighted by Gasteiger charge is 2.75. The molecule has 37 heavy (non-hydrogen) atoms. The fourth-order valence-corrected chi connectivity index (χ4v) is 9.98. The van der Waals surface area contributed by atoms with Crippen LogP contribution < -0.4 is 10.6 Å². The van der Waals surface area contributed by atoms with Crippen LogP contribution in [0.2, 0.25) is 0 Å². The number of morpholine rings is 1. The minimum absolute atomic E-state index is 0.0362. The summed E-state index contributed by atoms with van der Waals surface area (Å²) in [6.07, 6.45) is 1.82. The van der Waals surface area contributed by atoms with Crippen molar-refractivity contribution >= 4 is 51.1 Å². The lowest BCUT2D eigenvalue weighted by Crippen LogP contribution is -2.55. The Bertz CT molecular complexity index is 996. The number of ether oxygens (including phenoxy) is 1. The van der Waals surface area contributed by atoms with Crippen molar-refractivity contribution in [1.29, 1.82) is 0 Å². The molecule has 0 aromatic heterocycles. The van der Waals surface area contributed by atoms with Gasteiger partial charge in [-0.25, -0.2) is 0 Å². The lowest BCUT2D eigenvalue weighted by Gasteiger charge is -2.35. The molecule has 5 rings (SSSR count). The molecule has 4 aliphatic rings. The number of anilines is 1. The van der Waals surface area contributed by atoms with Crippen molar-refractivity contribution < 1.29 is 24.2 Å². The van der Waals surface area contributed by atoms with Crippen LogP contribution in [-0.4, -0.2) is 106 Å². The number of alkyl halides is 1. The highest BCUT2D eigenvalue weighted by Crippen LogP contribution is 2.67. The summed E-state index contributed by atoms with van der Waals surface area (Å²) < 4.78 is 4.75. The number of amides is 3. The van der Waals surface area contributed by atoms with Crippen LogP contribution in [0.5, 0.6) is 0 Å². The van der Waals surface area contributed by atoms with Gasteiger partial charge in [-0.15, -0.1) is 11.8 Å². The highest BCUT2D eigenvalue weighted by atomic mass is 79.9. The molecule has 0 aliphatic carbocycles. The first-order chi connectivity index (χ1) is 18.0. The van der Waals surface area contributed by atoms with Crippen LogP contribution in [0.4, 0.5) is 5.69 Å². The van der Waals surface area contributed by atoms with E-state index in [4.69, 9.17) is 4.74 Å². The van der Waals surface area contributed by atoms with Crippen molar-refractivity contribution in [1.82, 2.24) is 15.1 Å². The number of thioether (sulfide) groups is 1. The van der Waals surface area contributed by atoms with Crippen LogP contribution >= 0.6 is 27.7 Å². The van der Waals surface area contributed by atoms with Crippen LogP contribution in [0.3, 0.4) is 0 Å². The van der Waals surface area contributed by atoms with E-state index < -0.39 is 22.6 Å². The Kier molecular flexibility index (Phi) is 8.45. The fraction of sp³-hybridized carbons (Fsp3) is 0.654. The first-order valence-electron chi connectivity index (χ1n) is 13.1. The van der Waals surface area contributed by atoms with Crippen molar-refractivity contribution in [2.75, 3.05) is 57.9 Å². The number of fused-ring (bicyclic) bond motifs is 1. The number of para-hydroxylation sites is 1. The normalized spacial score (nSPS) is 33.0. The van der Waals surface area contributed by atoms with Crippen molar-refractivity contribution in [3.8, 4) is 0 Å². The number of benzene rings is 1. The summed E-state index contributed by atoms with van der Waals surface area (Å²) in [5, 5.41) is 15.3. The van der Waals surface area contributed by atoms with Gasteiger partial charge >= 0.3 is 0 Å². The van der Waals surface area contributed by atoms with Gasteiger partial charge in [-0.1, -0.05) is 34.1 Å². The second-order valence-corrected chi connectivity index (χ2v) is 12.9. The van der Waals surface area contributed by atoms with E-state index in [1.807, 2.05) is 30.3 Å². The number of carbonyl (C=O) groups excluding carboxylic acids is 3. The SMILES string of the molecule is O=C(NCCN1CCOCC1)C1N(CCCCO)C(=O)[C@@H]2[C@@H](C(=O)Nc3ccccc3)[C@@H]3SC12CC3Br. The summed E-state index contributed by atoms with van der Waals surface area (Å²) in [5.41, 5.74) is 0.697. The van der Waals surface area contributed by atoms with Gasteiger partial charge in [-0.3, -0.25) is 19.3 Å². The minimum Gasteiger partial charge on any atom is -0.396 e. The Balaban J connectivity index is 1.37. The molecule has 3 N–H and O–H groups in total. The van der Waals surface area contributed by atoms with E-state index >= 15 is 0 Å². The molecule has 4 heterocycles. The number of unbranched alkanes of at least 4 members (excludes halogenated alkanes) is 1. The van der Waals surface area contributed by atoms with E-state index in [2.05, 4.69) is 31.5 Å². The third-order valence-electron chi connectivity index (χ3n) is 8.02. The lowest BCUT2D eigenvalue weighted by molar-refractivity contribution is -0.139. The molecule has 1 aromatic rings. The van der Waals surface area contributed by atoms with Crippen molar-refractivity contribution in [3.63, 3.8) is 0 Å². The molecule has 4 saturated heterocycles. The maximum absolute atomic E-state index is 13.9. The number of aliphatic hydroxyl groups excluding tert-OH is 1. The molecule has 3 unspecified atom stereocenters. The summed E-state index contributed by atoms with van der Waals surface area (Å²) in [6.45, 7) is 4.75. The highest BCUT2D eigenvalue weighted by molar-refractivity contribution is 9.09. The zero-order chi connectivity index (χ0) is 26.0. The summed E-state index contributed by atoms with van der Waals surface area (Å²) >= 11 is 5.43. The predicted molar refractivity (Wildman–Crippen MR) is 146 cm³/mol.